The number of aryl methyl sites for hydroxylation is 1. The van der Waals surface area contributed by atoms with Crippen LogP contribution < -0.4 is 0 Å². The average molecular weight is 194 g/mol. The van der Waals surface area contributed by atoms with E-state index >= 15 is 0 Å². The second-order valence-corrected chi connectivity index (χ2v) is 9.81. The van der Waals surface area contributed by atoms with E-state index in [9.17, 15) is 0 Å². The predicted octanol–water partition coefficient (Wildman–Crippen LogP) is 3.29. The Kier molecular flexibility index (Phi) is 2.76. The second-order valence-electron chi connectivity index (χ2n) is 3.95. The third-order valence-electron chi connectivity index (χ3n) is 1.31. The Morgan fingerprint density at radius 1 is 1.33 bits per heavy atom. The van der Waals surface area contributed by atoms with E-state index in [0.717, 1.165) is 0 Å². The topological polar surface area (TPSA) is 0 Å². The summed E-state index contributed by atoms with van der Waals surface area (Å²) in [5, 5.41) is 2.13. The summed E-state index contributed by atoms with van der Waals surface area (Å²) in [6, 6.07) is 2.15. The molecule has 0 amide bonds. The van der Waals surface area contributed by atoms with Crippen LogP contribution in [0.2, 0.25) is 19.6 Å². The fraction of sp³-hybridized carbons (Fsp3) is 0.400. The van der Waals surface area contributed by atoms with Gasteiger partial charge < -0.3 is 0 Å². The van der Waals surface area contributed by atoms with Crippen molar-refractivity contribution in [3.8, 4) is 11.5 Å². The SMILES string of the molecule is Cc1cc(C#C[Si](C)(C)C)cs1. The highest BCUT2D eigenvalue weighted by Crippen LogP contribution is 2.11. The number of hydrogen-bond donors (Lipinski definition) is 0. The zero-order chi connectivity index (χ0) is 9.19. The Morgan fingerprint density at radius 2 is 2.00 bits per heavy atom. The summed E-state index contributed by atoms with van der Waals surface area (Å²) in [5.41, 5.74) is 4.53. The van der Waals surface area contributed by atoms with Gasteiger partial charge >= 0.3 is 0 Å². The van der Waals surface area contributed by atoms with Crippen LogP contribution in [0.15, 0.2) is 11.4 Å². The smallest absolute Gasteiger partial charge is 0.129 e. The molecule has 0 saturated heterocycles. The lowest BCUT2D eigenvalue weighted by atomic mass is 10.3. The summed E-state index contributed by atoms with van der Waals surface area (Å²) in [6.45, 7) is 8.90. The number of hydrogen-bond acceptors (Lipinski definition) is 1. The van der Waals surface area contributed by atoms with Crippen molar-refractivity contribution in [1.82, 2.24) is 0 Å². The number of thiophene rings is 1. The van der Waals surface area contributed by atoms with E-state index in [2.05, 4.69) is 49.5 Å². The molecule has 0 spiro atoms. The quantitative estimate of drug-likeness (QED) is 0.439. The lowest BCUT2D eigenvalue weighted by Gasteiger charge is -2.02. The third-order valence-corrected chi connectivity index (χ3v) is 3.05. The summed E-state index contributed by atoms with van der Waals surface area (Å²) < 4.78 is 0. The maximum atomic E-state index is 3.35. The summed E-state index contributed by atoms with van der Waals surface area (Å²) >= 11 is 1.77. The molecule has 0 N–H and O–H groups in total. The van der Waals surface area contributed by atoms with Crippen LogP contribution in [0, 0.1) is 18.4 Å². The highest BCUT2D eigenvalue weighted by Gasteiger charge is 2.07. The lowest BCUT2D eigenvalue weighted by molar-refractivity contribution is 1.62. The van der Waals surface area contributed by atoms with Gasteiger partial charge in [-0.2, -0.15) is 0 Å². The molecule has 0 nitrogen and oxygen atoms in total. The van der Waals surface area contributed by atoms with Gasteiger partial charge in [-0.25, -0.2) is 0 Å². The third kappa shape index (κ3) is 3.25. The lowest BCUT2D eigenvalue weighted by Crippen LogP contribution is -2.16. The van der Waals surface area contributed by atoms with Crippen molar-refractivity contribution in [2.45, 2.75) is 26.6 Å². The van der Waals surface area contributed by atoms with Gasteiger partial charge in [0.2, 0.25) is 0 Å². The predicted molar refractivity (Wildman–Crippen MR) is 59.3 cm³/mol. The van der Waals surface area contributed by atoms with Crippen molar-refractivity contribution in [1.29, 1.82) is 0 Å². The Labute approximate surface area is 79.6 Å². The van der Waals surface area contributed by atoms with E-state index in [4.69, 9.17) is 0 Å². The summed E-state index contributed by atoms with van der Waals surface area (Å²) in [6.07, 6.45) is 0. The number of rotatable bonds is 0. The van der Waals surface area contributed by atoms with Crippen molar-refractivity contribution in [3.05, 3.63) is 21.9 Å². The first-order valence-corrected chi connectivity index (χ1v) is 8.44. The minimum Gasteiger partial charge on any atom is -0.148 e. The van der Waals surface area contributed by atoms with Gasteiger partial charge in [0.15, 0.2) is 0 Å². The van der Waals surface area contributed by atoms with E-state index in [1.54, 1.807) is 11.3 Å². The van der Waals surface area contributed by atoms with Gasteiger partial charge in [-0.15, -0.1) is 16.9 Å². The molecule has 0 aliphatic carbocycles. The van der Waals surface area contributed by atoms with E-state index in [0.29, 0.717) is 0 Å². The van der Waals surface area contributed by atoms with Crippen LogP contribution in [0.4, 0.5) is 0 Å². The summed E-state index contributed by atoms with van der Waals surface area (Å²) in [5.74, 6) is 3.23. The Balaban J connectivity index is 2.80. The molecule has 1 aromatic heterocycles. The molecular weight excluding hydrogens is 180 g/mol. The summed E-state index contributed by atoms with van der Waals surface area (Å²) in [7, 11) is -1.19. The molecule has 0 atom stereocenters. The molecule has 0 saturated carbocycles. The van der Waals surface area contributed by atoms with Crippen LogP contribution in [-0.2, 0) is 0 Å². The molecule has 64 valence electrons. The minimum atomic E-state index is -1.19. The van der Waals surface area contributed by atoms with Crippen molar-refractivity contribution in [2.24, 2.45) is 0 Å². The molecule has 0 aromatic carbocycles. The standard InChI is InChI=1S/C10H14SSi/c1-9-7-10(8-11-9)5-6-12(2,3)4/h7-8H,1-4H3. The van der Waals surface area contributed by atoms with Gasteiger partial charge in [0.1, 0.15) is 8.07 Å². The van der Waals surface area contributed by atoms with E-state index in [-0.39, 0.29) is 0 Å². The fourth-order valence-corrected chi connectivity index (χ4v) is 1.92. The highest BCUT2D eigenvalue weighted by atomic mass is 32.1. The van der Waals surface area contributed by atoms with Crippen LogP contribution in [0.5, 0.6) is 0 Å². The molecule has 0 aliphatic heterocycles. The van der Waals surface area contributed by atoms with Crippen molar-refractivity contribution < 1.29 is 0 Å². The van der Waals surface area contributed by atoms with E-state index in [1.807, 2.05) is 0 Å². The van der Waals surface area contributed by atoms with Crippen molar-refractivity contribution in [3.63, 3.8) is 0 Å². The maximum Gasteiger partial charge on any atom is 0.129 e. The maximum absolute atomic E-state index is 3.35. The molecule has 0 radical (unpaired) electrons. The van der Waals surface area contributed by atoms with Crippen LogP contribution >= 0.6 is 11.3 Å². The van der Waals surface area contributed by atoms with Gasteiger partial charge in [-0.1, -0.05) is 25.6 Å². The van der Waals surface area contributed by atoms with Crippen LogP contribution in [0.1, 0.15) is 10.4 Å². The summed E-state index contributed by atoms with van der Waals surface area (Å²) in [4.78, 5) is 1.34. The van der Waals surface area contributed by atoms with Gasteiger partial charge in [0.25, 0.3) is 0 Å². The van der Waals surface area contributed by atoms with Gasteiger partial charge in [0, 0.05) is 15.8 Å². The van der Waals surface area contributed by atoms with Crippen LogP contribution in [-0.4, -0.2) is 8.07 Å². The largest absolute Gasteiger partial charge is 0.148 e. The monoisotopic (exact) mass is 194 g/mol. The van der Waals surface area contributed by atoms with Crippen molar-refractivity contribution in [2.75, 3.05) is 0 Å². The van der Waals surface area contributed by atoms with Gasteiger partial charge in [-0.3, -0.25) is 0 Å². The zero-order valence-electron chi connectivity index (χ0n) is 8.06. The Hall–Kier alpha value is -0.523. The average Bonchev–Trinajstić information content (AvgIpc) is 2.30. The fourth-order valence-electron chi connectivity index (χ4n) is 0.769. The van der Waals surface area contributed by atoms with Crippen LogP contribution in [0.25, 0.3) is 0 Å². The van der Waals surface area contributed by atoms with Gasteiger partial charge in [-0.05, 0) is 13.0 Å². The van der Waals surface area contributed by atoms with E-state index in [1.165, 1.54) is 10.4 Å². The molecule has 2 heteroatoms. The zero-order valence-corrected chi connectivity index (χ0v) is 9.88. The van der Waals surface area contributed by atoms with Crippen molar-refractivity contribution >= 4 is 19.4 Å². The Morgan fingerprint density at radius 3 is 2.42 bits per heavy atom. The molecule has 1 rings (SSSR count). The van der Waals surface area contributed by atoms with Crippen LogP contribution in [0.3, 0.4) is 0 Å². The first-order chi connectivity index (χ1) is 5.47. The molecule has 0 aliphatic rings. The second kappa shape index (κ2) is 3.47. The van der Waals surface area contributed by atoms with Gasteiger partial charge in [0.05, 0.1) is 0 Å². The molecule has 1 aromatic rings. The molecular formula is C10H14SSi. The molecule has 1 heterocycles. The molecule has 0 unspecified atom stereocenters. The van der Waals surface area contributed by atoms with E-state index < -0.39 is 8.07 Å². The molecule has 0 bridgehead atoms. The minimum absolute atomic E-state index is 1.18. The highest BCUT2D eigenvalue weighted by molar-refractivity contribution is 7.10. The normalized spacial score (nSPS) is 10.7. The molecule has 12 heavy (non-hydrogen) atoms. The molecule has 0 fully saturated rings. The first-order valence-electron chi connectivity index (χ1n) is 4.06. The Bertz CT molecular complexity index is 320. The first kappa shape index (κ1) is 9.56.